The van der Waals surface area contributed by atoms with Gasteiger partial charge < -0.3 is 10.4 Å². The lowest BCUT2D eigenvalue weighted by Gasteiger charge is -2.16. The molecule has 0 aliphatic rings. The molecule has 20 heavy (non-hydrogen) atoms. The molecule has 2 N–H and O–H groups in total. The standard InChI is InChI=1S/C16H18N2O2/c1-12(7-8-13-5-3-2-4-6-13)18-15-9-10-17-11-14(15)16(19)20/h2-6,9-12H,7-8H2,1H3,(H,17,18)(H,19,20). The van der Waals surface area contributed by atoms with E-state index in [1.54, 1.807) is 12.3 Å². The van der Waals surface area contributed by atoms with Crippen LogP contribution in [-0.2, 0) is 6.42 Å². The van der Waals surface area contributed by atoms with Crippen LogP contribution in [0.5, 0.6) is 0 Å². The van der Waals surface area contributed by atoms with E-state index < -0.39 is 5.97 Å². The van der Waals surface area contributed by atoms with E-state index in [1.165, 1.54) is 11.8 Å². The third kappa shape index (κ3) is 3.82. The van der Waals surface area contributed by atoms with Crippen LogP contribution < -0.4 is 5.32 Å². The van der Waals surface area contributed by atoms with E-state index in [4.69, 9.17) is 5.11 Å². The number of carboxylic acid groups (broad SMARTS) is 1. The van der Waals surface area contributed by atoms with Crippen molar-refractivity contribution in [3.63, 3.8) is 0 Å². The Morgan fingerprint density at radius 1 is 1.30 bits per heavy atom. The van der Waals surface area contributed by atoms with Crippen molar-refractivity contribution < 1.29 is 9.90 Å². The average Bonchev–Trinajstić information content (AvgIpc) is 2.46. The molecule has 2 rings (SSSR count). The number of aryl methyl sites for hydroxylation is 1. The third-order valence-electron chi connectivity index (χ3n) is 3.16. The quantitative estimate of drug-likeness (QED) is 0.846. The number of nitrogens with one attached hydrogen (secondary N) is 1. The van der Waals surface area contributed by atoms with Gasteiger partial charge in [-0.05, 0) is 31.4 Å². The average molecular weight is 270 g/mol. The first kappa shape index (κ1) is 14.1. The van der Waals surface area contributed by atoms with E-state index >= 15 is 0 Å². The van der Waals surface area contributed by atoms with Crippen LogP contribution in [0.25, 0.3) is 0 Å². The number of nitrogens with zero attached hydrogens (tertiary/aromatic N) is 1. The summed E-state index contributed by atoms with van der Waals surface area (Å²) in [7, 11) is 0. The van der Waals surface area contributed by atoms with Gasteiger partial charge in [-0.1, -0.05) is 30.3 Å². The molecule has 1 aromatic heterocycles. The number of hydrogen-bond acceptors (Lipinski definition) is 3. The molecule has 4 nitrogen and oxygen atoms in total. The number of aromatic nitrogens is 1. The van der Waals surface area contributed by atoms with Gasteiger partial charge in [-0.25, -0.2) is 4.79 Å². The number of aromatic carboxylic acids is 1. The van der Waals surface area contributed by atoms with Crippen LogP contribution in [0.15, 0.2) is 48.8 Å². The predicted molar refractivity (Wildman–Crippen MR) is 79.0 cm³/mol. The van der Waals surface area contributed by atoms with E-state index in [2.05, 4.69) is 29.4 Å². The van der Waals surface area contributed by atoms with Gasteiger partial charge in [0.05, 0.1) is 5.69 Å². The van der Waals surface area contributed by atoms with E-state index in [1.807, 2.05) is 18.2 Å². The van der Waals surface area contributed by atoms with Gasteiger partial charge in [-0.2, -0.15) is 0 Å². The second kappa shape index (κ2) is 6.70. The Balaban J connectivity index is 1.95. The van der Waals surface area contributed by atoms with Crippen LogP contribution >= 0.6 is 0 Å². The maximum Gasteiger partial charge on any atom is 0.339 e. The smallest absolute Gasteiger partial charge is 0.339 e. The second-order valence-corrected chi connectivity index (χ2v) is 4.80. The summed E-state index contributed by atoms with van der Waals surface area (Å²) in [5.74, 6) is -0.962. The molecule has 0 saturated carbocycles. The van der Waals surface area contributed by atoms with E-state index in [0.717, 1.165) is 12.8 Å². The largest absolute Gasteiger partial charge is 0.478 e. The maximum atomic E-state index is 11.1. The zero-order valence-electron chi connectivity index (χ0n) is 11.4. The Labute approximate surface area is 118 Å². The van der Waals surface area contributed by atoms with Crippen molar-refractivity contribution in [1.29, 1.82) is 0 Å². The topological polar surface area (TPSA) is 62.2 Å². The highest BCUT2D eigenvalue weighted by Crippen LogP contribution is 2.16. The molecular weight excluding hydrogens is 252 g/mol. The molecule has 104 valence electrons. The van der Waals surface area contributed by atoms with Crippen LogP contribution in [0.2, 0.25) is 0 Å². The van der Waals surface area contributed by atoms with E-state index in [-0.39, 0.29) is 11.6 Å². The maximum absolute atomic E-state index is 11.1. The number of rotatable bonds is 6. The lowest BCUT2D eigenvalue weighted by atomic mass is 10.1. The normalized spacial score (nSPS) is 11.8. The van der Waals surface area contributed by atoms with Gasteiger partial charge in [0.15, 0.2) is 0 Å². The van der Waals surface area contributed by atoms with Crippen molar-refractivity contribution in [2.75, 3.05) is 5.32 Å². The molecule has 1 atom stereocenters. The highest BCUT2D eigenvalue weighted by Gasteiger charge is 2.11. The summed E-state index contributed by atoms with van der Waals surface area (Å²) in [6.07, 6.45) is 4.86. The predicted octanol–water partition coefficient (Wildman–Crippen LogP) is 3.21. The Morgan fingerprint density at radius 2 is 2.05 bits per heavy atom. The van der Waals surface area contributed by atoms with Crippen molar-refractivity contribution >= 4 is 11.7 Å². The van der Waals surface area contributed by atoms with Crippen molar-refractivity contribution in [2.45, 2.75) is 25.8 Å². The first-order valence-corrected chi connectivity index (χ1v) is 6.64. The molecule has 4 heteroatoms. The van der Waals surface area contributed by atoms with Crippen molar-refractivity contribution in [3.8, 4) is 0 Å². The fraction of sp³-hybridized carbons (Fsp3) is 0.250. The Hall–Kier alpha value is -2.36. The number of benzene rings is 1. The molecule has 0 fully saturated rings. The van der Waals surface area contributed by atoms with Gasteiger partial charge >= 0.3 is 5.97 Å². The van der Waals surface area contributed by atoms with Crippen LogP contribution in [0.1, 0.15) is 29.3 Å². The summed E-state index contributed by atoms with van der Waals surface area (Å²) >= 11 is 0. The summed E-state index contributed by atoms with van der Waals surface area (Å²) in [5, 5.41) is 12.3. The van der Waals surface area contributed by atoms with Crippen LogP contribution in [-0.4, -0.2) is 22.1 Å². The minimum Gasteiger partial charge on any atom is -0.478 e. The third-order valence-corrected chi connectivity index (χ3v) is 3.16. The molecule has 0 spiro atoms. The summed E-state index contributed by atoms with van der Waals surface area (Å²) in [4.78, 5) is 14.9. The van der Waals surface area contributed by atoms with E-state index in [9.17, 15) is 4.79 Å². The number of pyridine rings is 1. The monoisotopic (exact) mass is 270 g/mol. The van der Waals surface area contributed by atoms with Crippen LogP contribution in [0.3, 0.4) is 0 Å². The van der Waals surface area contributed by atoms with Gasteiger partial charge in [0.2, 0.25) is 0 Å². The minimum atomic E-state index is -0.962. The zero-order valence-corrected chi connectivity index (χ0v) is 11.4. The molecule has 0 amide bonds. The summed E-state index contributed by atoms with van der Waals surface area (Å²) in [6.45, 7) is 2.05. The fourth-order valence-electron chi connectivity index (χ4n) is 2.06. The molecule has 0 saturated heterocycles. The summed E-state index contributed by atoms with van der Waals surface area (Å²) in [6, 6.07) is 12.1. The molecule has 0 aliphatic carbocycles. The highest BCUT2D eigenvalue weighted by atomic mass is 16.4. The van der Waals surface area contributed by atoms with Crippen LogP contribution in [0, 0.1) is 0 Å². The SMILES string of the molecule is CC(CCc1ccccc1)Nc1ccncc1C(=O)O. The molecule has 1 aromatic carbocycles. The van der Waals surface area contributed by atoms with Gasteiger partial charge in [0, 0.05) is 18.4 Å². The van der Waals surface area contributed by atoms with Crippen molar-refractivity contribution in [1.82, 2.24) is 4.98 Å². The van der Waals surface area contributed by atoms with Crippen LogP contribution in [0.4, 0.5) is 5.69 Å². The molecule has 1 unspecified atom stereocenters. The Kier molecular flexibility index (Phi) is 4.71. The fourth-order valence-corrected chi connectivity index (χ4v) is 2.06. The van der Waals surface area contributed by atoms with Gasteiger partial charge in [-0.3, -0.25) is 4.98 Å². The number of carbonyl (C=O) groups is 1. The number of carboxylic acids is 1. The molecule has 2 aromatic rings. The molecule has 0 radical (unpaired) electrons. The first-order chi connectivity index (χ1) is 9.66. The molecule has 1 heterocycles. The number of anilines is 1. The molecule has 0 aliphatic heterocycles. The lowest BCUT2D eigenvalue weighted by Crippen LogP contribution is -2.18. The molecule has 0 bridgehead atoms. The minimum absolute atomic E-state index is 0.190. The van der Waals surface area contributed by atoms with E-state index in [0.29, 0.717) is 5.69 Å². The summed E-state index contributed by atoms with van der Waals surface area (Å²) < 4.78 is 0. The Bertz CT molecular complexity index is 570. The second-order valence-electron chi connectivity index (χ2n) is 4.80. The lowest BCUT2D eigenvalue weighted by molar-refractivity contribution is 0.0697. The molecular formula is C16H18N2O2. The van der Waals surface area contributed by atoms with Gasteiger partial charge in [0.25, 0.3) is 0 Å². The summed E-state index contributed by atoms with van der Waals surface area (Å²) in [5.41, 5.74) is 2.11. The zero-order chi connectivity index (χ0) is 14.4. The van der Waals surface area contributed by atoms with Gasteiger partial charge in [0.1, 0.15) is 5.56 Å². The number of hydrogen-bond donors (Lipinski definition) is 2. The van der Waals surface area contributed by atoms with Gasteiger partial charge in [-0.15, -0.1) is 0 Å². The van der Waals surface area contributed by atoms with Crippen molar-refractivity contribution in [3.05, 3.63) is 59.9 Å². The highest BCUT2D eigenvalue weighted by molar-refractivity contribution is 5.93. The first-order valence-electron chi connectivity index (χ1n) is 6.64. The Morgan fingerprint density at radius 3 is 2.75 bits per heavy atom. The van der Waals surface area contributed by atoms with Crippen molar-refractivity contribution in [2.24, 2.45) is 0 Å².